The number of carbonyl (C=O) groups is 1. The highest BCUT2D eigenvalue weighted by Gasteiger charge is 2.43. The Labute approximate surface area is 185 Å². The second-order valence-corrected chi connectivity index (χ2v) is 9.72. The number of aromatic nitrogens is 4. The molecule has 9 heteroatoms. The fraction of sp³-hybridized carbons (Fsp3) is 0.455. The van der Waals surface area contributed by atoms with Crippen LogP contribution in [0.15, 0.2) is 46.6 Å². The number of anilines is 2. The summed E-state index contributed by atoms with van der Waals surface area (Å²) in [6.45, 7) is 3.43. The van der Waals surface area contributed by atoms with Gasteiger partial charge < -0.3 is 16.0 Å². The molecule has 0 unspecified atom stereocenters. The molecule has 3 aromatic rings. The number of piperidine rings is 1. The summed E-state index contributed by atoms with van der Waals surface area (Å²) in [4.78, 5) is 20.3. The van der Waals surface area contributed by atoms with Gasteiger partial charge in [0.15, 0.2) is 5.65 Å². The third kappa shape index (κ3) is 3.87. The third-order valence-electron chi connectivity index (χ3n) is 6.70. The molecule has 5 rings (SSSR count). The molecule has 2 fully saturated rings. The average Bonchev–Trinajstić information content (AvgIpc) is 3.38. The van der Waals surface area contributed by atoms with E-state index in [0.717, 1.165) is 59.4 Å². The van der Waals surface area contributed by atoms with E-state index in [4.69, 9.17) is 10.7 Å². The lowest BCUT2D eigenvalue weighted by atomic mass is 9.74. The summed E-state index contributed by atoms with van der Waals surface area (Å²) in [7, 11) is 0. The van der Waals surface area contributed by atoms with Crippen LogP contribution in [0.4, 0.5) is 11.6 Å². The number of hydrogen-bond donors (Lipinski definition) is 2. The van der Waals surface area contributed by atoms with Gasteiger partial charge in [-0.2, -0.15) is 0 Å². The Morgan fingerprint density at radius 2 is 2.00 bits per heavy atom. The highest BCUT2D eigenvalue weighted by Crippen LogP contribution is 2.46. The summed E-state index contributed by atoms with van der Waals surface area (Å²) in [6.07, 6.45) is 9.55. The predicted molar refractivity (Wildman–Crippen MR) is 121 cm³/mol. The number of hydrogen-bond acceptors (Lipinski definition) is 7. The Morgan fingerprint density at radius 3 is 2.68 bits per heavy atom. The van der Waals surface area contributed by atoms with Crippen molar-refractivity contribution in [2.45, 2.75) is 54.9 Å². The number of carbonyl (C=O) groups excluding carboxylic acids is 1. The Bertz CT molecular complexity index is 1090. The number of nitrogens with one attached hydrogen (secondary N) is 1. The van der Waals surface area contributed by atoms with E-state index in [1.165, 1.54) is 19.8 Å². The van der Waals surface area contributed by atoms with Crippen molar-refractivity contribution in [3.8, 4) is 0 Å². The molecule has 1 aromatic carbocycles. The smallest absolute Gasteiger partial charge is 0.221 e. The fourth-order valence-electron chi connectivity index (χ4n) is 4.97. The molecule has 1 aliphatic heterocycles. The van der Waals surface area contributed by atoms with Gasteiger partial charge in [0.25, 0.3) is 0 Å². The first-order valence-corrected chi connectivity index (χ1v) is 11.6. The zero-order valence-corrected chi connectivity index (χ0v) is 18.4. The van der Waals surface area contributed by atoms with Gasteiger partial charge in [0.05, 0.1) is 4.90 Å². The normalized spacial score (nSPS) is 20.5. The molecule has 3 N–H and O–H groups in total. The van der Waals surface area contributed by atoms with Gasteiger partial charge in [-0.05, 0) is 55.4 Å². The number of rotatable bonds is 4. The van der Waals surface area contributed by atoms with Gasteiger partial charge in [0.1, 0.15) is 6.33 Å². The Kier molecular flexibility index (Phi) is 5.31. The molecule has 3 heterocycles. The average molecular weight is 438 g/mol. The minimum atomic E-state index is -0.0797. The number of nitrogens with zero attached hydrogens (tertiary/aromatic N) is 5. The summed E-state index contributed by atoms with van der Waals surface area (Å²) >= 11 is 1.59. The zero-order chi connectivity index (χ0) is 21.4. The molecule has 1 atom stereocenters. The van der Waals surface area contributed by atoms with Gasteiger partial charge in [0, 0.05) is 42.8 Å². The summed E-state index contributed by atoms with van der Waals surface area (Å²) in [5.41, 5.74) is 8.35. The maximum atomic E-state index is 11.2. The molecule has 2 aromatic heterocycles. The topological polar surface area (TPSA) is 101 Å². The first-order chi connectivity index (χ1) is 15.0. The second-order valence-electron chi connectivity index (χ2n) is 8.60. The third-order valence-corrected chi connectivity index (χ3v) is 7.72. The lowest BCUT2D eigenvalue weighted by molar-refractivity contribution is -0.114. The van der Waals surface area contributed by atoms with E-state index < -0.39 is 0 Å². The van der Waals surface area contributed by atoms with Crippen molar-refractivity contribution in [1.29, 1.82) is 0 Å². The van der Waals surface area contributed by atoms with Gasteiger partial charge in [0.2, 0.25) is 11.9 Å². The van der Waals surface area contributed by atoms with E-state index in [-0.39, 0.29) is 5.91 Å². The Morgan fingerprint density at radius 1 is 1.23 bits per heavy atom. The standard InChI is InChI=1S/C22H27N7OS/c1-15(30)26-16-4-6-17(7-5-16)31-18-13-24-21(29-14-25-27-20(18)29)28-11-9-22(10-12-28)8-2-3-19(22)23/h4-7,13-14,19H,2-3,8-12,23H2,1H3,(H,26,30)/t19-/m1/s1. The van der Waals surface area contributed by atoms with Crippen molar-refractivity contribution in [2.75, 3.05) is 23.3 Å². The van der Waals surface area contributed by atoms with E-state index >= 15 is 0 Å². The van der Waals surface area contributed by atoms with Crippen molar-refractivity contribution in [3.05, 3.63) is 36.8 Å². The minimum absolute atomic E-state index is 0.0797. The van der Waals surface area contributed by atoms with E-state index in [2.05, 4.69) is 20.4 Å². The van der Waals surface area contributed by atoms with Gasteiger partial charge in [-0.3, -0.25) is 4.79 Å². The summed E-state index contributed by atoms with van der Waals surface area (Å²) in [5, 5.41) is 11.3. The highest BCUT2D eigenvalue weighted by molar-refractivity contribution is 7.99. The van der Waals surface area contributed by atoms with Crippen molar-refractivity contribution < 1.29 is 4.79 Å². The van der Waals surface area contributed by atoms with Crippen LogP contribution in [0.5, 0.6) is 0 Å². The fourth-order valence-corrected chi connectivity index (χ4v) is 5.83. The summed E-state index contributed by atoms with van der Waals surface area (Å²) < 4.78 is 1.99. The highest BCUT2D eigenvalue weighted by atomic mass is 32.2. The lowest BCUT2D eigenvalue weighted by Crippen LogP contribution is -2.47. The van der Waals surface area contributed by atoms with Crippen LogP contribution in [-0.4, -0.2) is 44.6 Å². The van der Waals surface area contributed by atoms with Crippen LogP contribution in [0, 0.1) is 5.41 Å². The van der Waals surface area contributed by atoms with E-state index in [1.54, 1.807) is 18.1 Å². The Balaban J connectivity index is 1.34. The molecule has 1 aliphatic carbocycles. The minimum Gasteiger partial charge on any atom is -0.342 e. The molecule has 8 nitrogen and oxygen atoms in total. The maximum Gasteiger partial charge on any atom is 0.221 e. The maximum absolute atomic E-state index is 11.2. The molecule has 2 aliphatic rings. The zero-order valence-electron chi connectivity index (χ0n) is 17.6. The molecule has 1 amide bonds. The lowest BCUT2D eigenvalue weighted by Gasteiger charge is -2.42. The molecule has 1 saturated carbocycles. The second kappa shape index (κ2) is 8.12. The number of amides is 1. The molecule has 1 spiro atoms. The van der Waals surface area contributed by atoms with Crippen LogP contribution in [-0.2, 0) is 4.79 Å². The predicted octanol–water partition coefficient (Wildman–Crippen LogP) is 3.33. The first-order valence-electron chi connectivity index (χ1n) is 10.8. The van der Waals surface area contributed by atoms with Crippen LogP contribution < -0.4 is 16.0 Å². The molecule has 31 heavy (non-hydrogen) atoms. The Hall–Kier alpha value is -2.65. The number of fused-ring (bicyclic) bond motifs is 1. The van der Waals surface area contributed by atoms with Crippen molar-refractivity contribution in [1.82, 2.24) is 19.6 Å². The van der Waals surface area contributed by atoms with Crippen molar-refractivity contribution in [3.63, 3.8) is 0 Å². The van der Waals surface area contributed by atoms with Crippen molar-refractivity contribution in [2.24, 2.45) is 11.1 Å². The largest absolute Gasteiger partial charge is 0.342 e. The van der Waals surface area contributed by atoms with Gasteiger partial charge >= 0.3 is 0 Å². The van der Waals surface area contributed by atoms with Crippen LogP contribution >= 0.6 is 11.8 Å². The summed E-state index contributed by atoms with van der Waals surface area (Å²) in [6, 6.07) is 8.08. The number of nitrogens with two attached hydrogens (primary N) is 1. The van der Waals surface area contributed by atoms with Crippen LogP contribution in [0.2, 0.25) is 0 Å². The van der Waals surface area contributed by atoms with Crippen LogP contribution in [0.1, 0.15) is 39.0 Å². The quantitative estimate of drug-likeness (QED) is 0.645. The van der Waals surface area contributed by atoms with E-state index in [9.17, 15) is 4.79 Å². The molecular formula is C22H27N7OS. The molecule has 1 saturated heterocycles. The monoisotopic (exact) mass is 437 g/mol. The SMILES string of the molecule is CC(=O)Nc1ccc(Sc2cnc(N3CCC4(CCC[C@H]4N)CC3)n3cnnc23)cc1. The van der Waals surface area contributed by atoms with E-state index in [0.29, 0.717) is 11.5 Å². The van der Waals surface area contributed by atoms with Gasteiger partial charge in [-0.1, -0.05) is 18.2 Å². The van der Waals surface area contributed by atoms with Gasteiger partial charge in [-0.15, -0.1) is 10.2 Å². The molecule has 162 valence electrons. The van der Waals surface area contributed by atoms with E-state index in [1.807, 2.05) is 34.9 Å². The molecule has 0 radical (unpaired) electrons. The molecule has 0 bridgehead atoms. The summed E-state index contributed by atoms with van der Waals surface area (Å²) in [5.74, 6) is 0.815. The molecular weight excluding hydrogens is 410 g/mol. The van der Waals surface area contributed by atoms with Crippen LogP contribution in [0.25, 0.3) is 5.65 Å². The van der Waals surface area contributed by atoms with Crippen LogP contribution in [0.3, 0.4) is 0 Å². The first kappa shape index (κ1) is 20.3. The van der Waals surface area contributed by atoms with Gasteiger partial charge in [-0.25, -0.2) is 9.38 Å². The number of benzene rings is 1. The van der Waals surface area contributed by atoms with Crippen molar-refractivity contribution >= 4 is 35.0 Å².